The number of nitrogens with two attached hydrogens (primary N) is 1. The fraction of sp³-hybridized carbons (Fsp3) is 0.688. The summed E-state index contributed by atoms with van der Waals surface area (Å²) in [7, 11) is 0. The Labute approximate surface area is 161 Å². The van der Waals surface area contributed by atoms with Gasteiger partial charge in [-0.25, -0.2) is 4.79 Å². The second kappa shape index (κ2) is 11.9. The van der Waals surface area contributed by atoms with Crippen LogP contribution in [0, 0.1) is 5.92 Å². The lowest BCUT2D eigenvalue weighted by molar-refractivity contribution is -0.143. The molecule has 3 amide bonds. The van der Waals surface area contributed by atoms with Crippen LogP contribution >= 0.6 is 0 Å². The molecule has 0 fully saturated rings. The summed E-state index contributed by atoms with van der Waals surface area (Å²) >= 11 is 0. The van der Waals surface area contributed by atoms with Gasteiger partial charge in [0.25, 0.3) is 0 Å². The molecule has 0 aliphatic carbocycles. The van der Waals surface area contributed by atoms with Gasteiger partial charge in [0, 0.05) is 6.42 Å². The van der Waals surface area contributed by atoms with Crippen molar-refractivity contribution in [3.63, 3.8) is 0 Å². The summed E-state index contributed by atoms with van der Waals surface area (Å²) in [6.07, 6.45) is -0.717. The van der Waals surface area contributed by atoms with E-state index < -0.39 is 72.8 Å². The minimum absolute atomic E-state index is 0.275. The van der Waals surface area contributed by atoms with Crippen LogP contribution in [-0.2, 0) is 24.0 Å². The number of amides is 3. The number of nitrogens with one attached hydrogen (secondary N) is 3. The first kappa shape index (κ1) is 25.3. The van der Waals surface area contributed by atoms with Gasteiger partial charge in [-0.2, -0.15) is 0 Å². The summed E-state index contributed by atoms with van der Waals surface area (Å²) in [5, 5.41) is 33.6. The normalized spacial score (nSPS) is 15.1. The minimum Gasteiger partial charge on any atom is -0.481 e. The first-order valence-electron chi connectivity index (χ1n) is 8.62. The smallest absolute Gasteiger partial charge is 0.326 e. The average molecular weight is 404 g/mol. The molecule has 0 bridgehead atoms. The third kappa shape index (κ3) is 8.77. The second-order valence-corrected chi connectivity index (χ2v) is 6.58. The highest BCUT2D eigenvalue weighted by molar-refractivity contribution is 5.94. The highest BCUT2D eigenvalue weighted by atomic mass is 16.4. The fourth-order valence-electron chi connectivity index (χ4n) is 2.07. The Hall–Kier alpha value is -2.73. The molecular formula is C16H28N4O8. The van der Waals surface area contributed by atoms with Crippen LogP contribution in [-0.4, -0.2) is 75.8 Å². The van der Waals surface area contributed by atoms with Gasteiger partial charge in [-0.1, -0.05) is 13.8 Å². The topological polar surface area (TPSA) is 208 Å². The van der Waals surface area contributed by atoms with Gasteiger partial charge < -0.3 is 37.0 Å². The molecule has 0 aromatic rings. The lowest BCUT2D eigenvalue weighted by Gasteiger charge is -2.24. The van der Waals surface area contributed by atoms with Crippen LogP contribution in [0.1, 0.15) is 33.6 Å². The molecule has 0 radical (unpaired) electrons. The number of rotatable bonds is 12. The van der Waals surface area contributed by atoms with E-state index in [0.29, 0.717) is 0 Å². The molecule has 0 spiro atoms. The van der Waals surface area contributed by atoms with Gasteiger partial charge in [0.05, 0.1) is 6.61 Å². The summed E-state index contributed by atoms with van der Waals surface area (Å²) in [5.41, 5.74) is 5.35. The van der Waals surface area contributed by atoms with Gasteiger partial charge in [0.2, 0.25) is 17.7 Å². The van der Waals surface area contributed by atoms with Gasteiger partial charge in [-0.05, 0) is 19.3 Å². The SMILES string of the molecule is CC(NC(=O)C(CCC(=O)O)NC(=O)C(N)CO)C(=O)NC(C(=O)O)C(C)C. The van der Waals surface area contributed by atoms with Crippen LogP contribution in [0.4, 0.5) is 0 Å². The molecule has 0 aromatic heterocycles. The van der Waals surface area contributed by atoms with Crippen LogP contribution in [0.2, 0.25) is 0 Å². The number of hydrogen-bond acceptors (Lipinski definition) is 7. The molecule has 0 heterocycles. The summed E-state index contributed by atoms with van der Waals surface area (Å²) < 4.78 is 0. The number of carbonyl (C=O) groups excluding carboxylic acids is 3. The molecule has 0 aromatic carbocycles. The van der Waals surface area contributed by atoms with E-state index in [1.807, 2.05) is 0 Å². The van der Waals surface area contributed by atoms with E-state index in [2.05, 4.69) is 16.0 Å². The van der Waals surface area contributed by atoms with Crippen LogP contribution < -0.4 is 21.7 Å². The zero-order chi connectivity index (χ0) is 22.0. The van der Waals surface area contributed by atoms with Crippen LogP contribution in [0.5, 0.6) is 0 Å². The lowest BCUT2D eigenvalue weighted by Crippen LogP contribution is -2.57. The first-order chi connectivity index (χ1) is 12.9. The number of aliphatic hydroxyl groups excluding tert-OH is 1. The Balaban J connectivity index is 5.06. The molecule has 0 rings (SSSR count). The minimum atomic E-state index is -1.31. The van der Waals surface area contributed by atoms with E-state index in [0.717, 1.165) is 0 Å². The number of carboxylic acids is 2. The maximum absolute atomic E-state index is 12.4. The van der Waals surface area contributed by atoms with Crippen molar-refractivity contribution in [2.24, 2.45) is 11.7 Å². The zero-order valence-corrected chi connectivity index (χ0v) is 16.0. The second-order valence-electron chi connectivity index (χ2n) is 6.58. The van der Waals surface area contributed by atoms with Gasteiger partial charge >= 0.3 is 11.9 Å². The third-order valence-electron chi connectivity index (χ3n) is 3.80. The summed E-state index contributed by atoms with van der Waals surface area (Å²) in [6, 6.07) is -4.92. The van der Waals surface area contributed by atoms with Crippen molar-refractivity contribution in [3.05, 3.63) is 0 Å². The standard InChI is InChI=1S/C16H28N4O8/c1-7(2)12(16(27)28)20-13(24)8(3)18-15(26)10(4-5-11(22)23)19-14(25)9(17)6-21/h7-10,12,21H,4-6,17H2,1-3H3,(H,18,26)(H,19,25)(H,20,24)(H,22,23)(H,27,28). The van der Waals surface area contributed by atoms with Crippen molar-refractivity contribution in [3.8, 4) is 0 Å². The number of hydrogen-bond donors (Lipinski definition) is 7. The molecule has 12 nitrogen and oxygen atoms in total. The third-order valence-corrected chi connectivity index (χ3v) is 3.80. The molecular weight excluding hydrogens is 376 g/mol. The molecule has 0 aliphatic heterocycles. The highest BCUT2D eigenvalue weighted by Gasteiger charge is 2.29. The quantitative estimate of drug-likeness (QED) is 0.181. The van der Waals surface area contributed by atoms with Crippen molar-refractivity contribution in [2.75, 3.05) is 6.61 Å². The van der Waals surface area contributed by atoms with Gasteiger partial charge in [0.1, 0.15) is 24.2 Å². The van der Waals surface area contributed by atoms with Gasteiger partial charge in [-0.3, -0.25) is 19.2 Å². The van der Waals surface area contributed by atoms with Crippen LogP contribution in [0.25, 0.3) is 0 Å². The van der Waals surface area contributed by atoms with Crippen molar-refractivity contribution in [2.45, 2.75) is 57.8 Å². The number of aliphatic carboxylic acids is 2. The number of carbonyl (C=O) groups is 5. The molecule has 8 N–H and O–H groups in total. The molecule has 0 aliphatic rings. The Morgan fingerprint density at radius 3 is 1.89 bits per heavy atom. The van der Waals surface area contributed by atoms with Crippen LogP contribution in [0.3, 0.4) is 0 Å². The van der Waals surface area contributed by atoms with E-state index in [1.165, 1.54) is 6.92 Å². The summed E-state index contributed by atoms with van der Waals surface area (Å²) in [5.74, 6) is -5.30. The monoisotopic (exact) mass is 404 g/mol. The molecule has 28 heavy (non-hydrogen) atoms. The van der Waals surface area contributed by atoms with Crippen molar-refractivity contribution in [1.29, 1.82) is 0 Å². The first-order valence-corrected chi connectivity index (χ1v) is 8.62. The Bertz CT molecular complexity index is 595. The number of aliphatic hydroxyl groups is 1. The predicted octanol–water partition coefficient (Wildman–Crippen LogP) is -2.61. The fourth-order valence-corrected chi connectivity index (χ4v) is 2.07. The molecule has 0 saturated carbocycles. The van der Waals surface area contributed by atoms with Crippen molar-refractivity contribution >= 4 is 29.7 Å². The summed E-state index contributed by atoms with van der Waals surface area (Å²) in [4.78, 5) is 58.2. The van der Waals surface area contributed by atoms with E-state index in [1.54, 1.807) is 13.8 Å². The zero-order valence-electron chi connectivity index (χ0n) is 16.0. The van der Waals surface area contributed by atoms with E-state index in [9.17, 15) is 24.0 Å². The van der Waals surface area contributed by atoms with E-state index in [-0.39, 0.29) is 6.42 Å². The molecule has 0 saturated heterocycles. The Kier molecular flexibility index (Phi) is 10.7. The molecule has 160 valence electrons. The maximum Gasteiger partial charge on any atom is 0.326 e. The lowest BCUT2D eigenvalue weighted by atomic mass is 10.0. The maximum atomic E-state index is 12.4. The van der Waals surface area contributed by atoms with Crippen LogP contribution in [0.15, 0.2) is 0 Å². The molecule has 12 heteroatoms. The summed E-state index contributed by atoms with van der Waals surface area (Å²) in [6.45, 7) is 3.83. The Morgan fingerprint density at radius 2 is 1.46 bits per heavy atom. The van der Waals surface area contributed by atoms with Crippen molar-refractivity contribution < 1.29 is 39.3 Å². The highest BCUT2D eigenvalue weighted by Crippen LogP contribution is 2.03. The largest absolute Gasteiger partial charge is 0.481 e. The number of carboxylic acid groups (broad SMARTS) is 2. The van der Waals surface area contributed by atoms with Crippen molar-refractivity contribution in [1.82, 2.24) is 16.0 Å². The van der Waals surface area contributed by atoms with E-state index in [4.69, 9.17) is 21.1 Å². The predicted molar refractivity (Wildman–Crippen MR) is 95.9 cm³/mol. The molecule has 4 atom stereocenters. The average Bonchev–Trinajstić information content (AvgIpc) is 2.60. The van der Waals surface area contributed by atoms with Gasteiger partial charge in [0.15, 0.2) is 0 Å². The molecule has 4 unspecified atom stereocenters. The van der Waals surface area contributed by atoms with E-state index >= 15 is 0 Å². The Morgan fingerprint density at radius 1 is 0.893 bits per heavy atom. The van der Waals surface area contributed by atoms with Gasteiger partial charge in [-0.15, -0.1) is 0 Å².